The molecule has 1 nitrogen and oxygen atoms in total. The highest BCUT2D eigenvalue weighted by atomic mass is 32.2. The molecule has 1 aliphatic rings. The largest absolute Gasteiger partial charge is 0.316 e. The Morgan fingerprint density at radius 3 is 2.78 bits per heavy atom. The SMILES string of the molecule is CNC(CSCc1cccc(C)c1)C1CCCC1. The molecule has 0 heterocycles. The molecule has 0 aliphatic heterocycles. The van der Waals surface area contributed by atoms with Crippen molar-refractivity contribution in [3.8, 4) is 0 Å². The number of benzene rings is 1. The van der Waals surface area contributed by atoms with Gasteiger partial charge in [-0.1, -0.05) is 42.7 Å². The minimum atomic E-state index is 0.710. The van der Waals surface area contributed by atoms with Crippen LogP contribution in [0.15, 0.2) is 24.3 Å². The lowest BCUT2D eigenvalue weighted by atomic mass is 10.0. The van der Waals surface area contributed by atoms with E-state index in [-0.39, 0.29) is 0 Å². The number of rotatable bonds is 6. The summed E-state index contributed by atoms with van der Waals surface area (Å²) in [6.07, 6.45) is 5.73. The van der Waals surface area contributed by atoms with E-state index in [9.17, 15) is 0 Å². The summed E-state index contributed by atoms with van der Waals surface area (Å²) in [5.74, 6) is 3.31. The standard InChI is InChI=1S/C16H25NS/c1-13-6-5-7-14(10-13)11-18-12-16(17-2)15-8-3-4-9-15/h5-7,10,15-17H,3-4,8-9,11-12H2,1-2H3. The van der Waals surface area contributed by atoms with Crippen molar-refractivity contribution in [1.82, 2.24) is 5.32 Å². The lowest BCUT2D eigenvalue weighted by Crippen LogP contribution is -2.34. The van der Waals surface area contributed by atoms with Crippen LogP contribution >= 0.6 is 11.8 Å². The summed E-state index contributed by atoms with van der Waals surface area (Å²) in [6, 6.07) is 9.59. The van der Waals surface area contributed by atoms with Gasteiger partial charge in [0.25, 0.3) is 0 Å². The first-order valence-electron chi connectivity index (χ1n) is 7.10. The van der Waals surface area contributed by atoms with Crippen LogP contribution in [0, 0.1) is 12.8 Å². The molecule has 2 heteroatoms. The molecular weight excluding hydrogens is 238 g/mol. The van der Waals surface area contributed by atoms with E-state index in [4.69, 9.17) is 0 Å². The van der Waals surface area contributed by atoms with Gasteiger partial charge in [-0.2, -0.15) is 11.8 Å². The van der Waals surface area contributed by atoms with E-state index in [1.165, 1.54) is 42.6 Å². The van der Waals surface area contributed by atoms with Crippen LogP contribution in [0.1, 0.15) is 36.8 Å². The highest BCUT2D eigenvalue weighted by Gasteiger charge is 2.23. The van der Waals surface area contributed by atoms with Crippen LogP contribution in [0.3, 0.4) is 0 Å². The van der Waals surface area contributed by atoms with E-state index in [1.807, 2.05) is 0 Å². The molecule has 0 radical (unpaired) electrons. The van der Waals surface area contributed by atoms with Gasteiger partial charge in [0.2, 0.25) is 0 Å². The maximum absolute atomic E-state index is 3.52. The molecule has 100 valence electrons. The predicted octanol–water partition coefficient (Wildman–Crippen LogP) is 4.01. The van der Waals surface area contributed by atoms with Gasteiger partial charge in [-0.3, -0.25) is 0 Å². The van der Waals surface area contributed by atoms with Crippen molar-refractivity contribution in [2.45, 2.75) is 44.4 Å². The summed E-state index contributed by atoms with van der Waals surface area (Å²) in [5, 5.41) is 3.52. The third kappa shape index (κ3) is 4.03. The average Bonchev–Trinajstić information content (AvgIpc) is 2.88. The molecule has 1 unspecified atom stereocenters. The average molecular weight is 263 g/mol. The van der Waals surface area contributed by atoms with Crippen molar-refractivity contribution >= 4 is 11.8 Å². The van der Waals surface area contributed by atoms with Crippen molar-refractivity contribution in [2.24, 2.45) is 5.92 Å². The van der Waals surface area contributed by atoms with Crippen LogP contribution in [-0.2, 0) is 5.75 Å². The first-order valence-corrected chi connectivity index (χ1v) is 8.25. The quantitative estimate of drug-likeness (QED) is 0.832. The summed E-state index contributed by atoms with van der Waals surface area (Å²) < 4.78 is 0. The van der Waals surface area contributed by atoms with E-state index >= 15 is 0 Å². The molecular formula is C16H25NS. The lowest BCUT2D eigenvalue weighted by Gasteiger charge is -2.22. The zero-order valence-corrected chi connectivity index (χ0v) is 12.4. The Kier molecular flexibility index (Phi) is 5.58. The summed E-state index contributed by atoms with van der Waals surface area (Å²) >= 11 is 2.07. The van der Waals surface area contributed by atoms with Crippen LogP contribution in [-0.4, -0.2) is 18.8 Å². The molecule has 0 aromatic heterocycles. The second-order valence-corrected chi connectivity index (χ2v) is 6.47. The van der Waals surface area contributed by atoms with Gasteiger partial charge in [-0.15, -0.1) is 0 Å². The lowest BCUT2D eigenvalue weighted by molar-refractivity contribution is 0.410. The normalized spacial score (nSPS) is 18.1. The van der Waals surface area contributed by atoms with E-state index in [2.05, 4.69) is 55.3 Å². The third-order valence-corrected chi connectivity index (χ3v) is 5.12. The topological polar surface area (TPSA) is 12.0 Å². The molecule has 0 amide bonds. The zero-order valence-electron chi connectivity index (χ0n) is 11.6. The first kappa shape index (κ1) is 14.0. The molecule has 1 N–H and O–H groups in total. The number of nitrogens with one attached hydrogen (secondary N) is 1. The van der Waals surface area contributed by atoms with Gasteiger partial charge in [-0.05, 0) is 38.3 Å². The molecule has 0 saturated heterocycles. The summed E-state index contributed by atoms with van der Waals surface area (Å²) in [5.41, 5.74) is 2.83. The summed E-state index contributed by atoms with van der Waals surface area (Å²) in [4.78, 5) is 0. The highest BCUT2D eigenvalue weighted by molar-refractivity contribution is 7.98. The van der Waals surface area contributed by atoms with E-state index in [0.717, 1.165) is 11.7 Å². The highest BCUT2D eigenvalue weighted by Crippen LogP contribution is 2.29. The molecule has 1 aliphatic carbocycles. The van der Waals surface area contributed by atoms with Crippen LogP contribution in [0.4, 0.5) is 0 Å². The summed E-state index contributed by atoms with van der Waals surface area (Å²) in [6.45, 7) is 2.17. The molecule has 1 aromatic carbocycles. The van der Waals surface area contributed by atoms with Gasteiger partial charge in [-0.25, -0.2) is 0 Å². The number of aryl methyl sites for hydroxylation is 1. The molecule has 0 bridgehead atoms. The molecule has 18 heavy (non-hydrogen) atoms. The second-order valence-electron chi connectivity index (χ2n) is 5.44. The van der Waals surface area contributed by atoms with Crippen LogP contribution in [0.5, 0.6) is 0 Å². The van der Waals surface area contributed by atoms with Crippen LogP contribution < -0.4 is 5.32 Å². The smallest absolute Gasteiger partial charge is 0.0185 e. The van der Waals surface area contributed by atoms with Crippen molar-refractivity contribution in [3.05, 3.63) is 35.4 Å². The molecule has 2 rings (SSSR count). The van der Waals surface area contributed by atoms with Crippen LogP contribution in [0.2, 0.25) is 0 Å². The van der Waals surface area contributed by atoms with E-state index in [1.54, 1.807) is 0 Å². The Bertz CT molecular complexity index is 358. The van der Waals surface area contributed by atoms with Crippen molar-refractivity contribution in [2.75, 3.05) is 12.8 Å². The summed E-state index contributed by atoms with van der Waals surface area (Å²) in [7, 11) is 2.12. The number of hydrogen-bond acceptors (Lipinski definition) is 2. The fraction of sp³-hybridized carbons (Fsp3) is 0.625. The van der Waals surface area contributed by atoms with Gasteiger partial charge in [0.15, 0.2) is 0 Å². The number of hydrogen-bond donors (Lipinski definition) is 1. The van der Waals surface area contributed by atoms with E-state index < -0.39 is 0 Å². The minimum absolute atomic E-state index is 0.710. The fourth-order valence-electron chi connectivity index (χ4n) is 2.92. The molecule has 1 saturated carbocycles. The monoisotopic (exact) mass is 263 g/mol. The molecule has 1 fully saturated rings. The predicted molar refractivity (Wildman–Crippen MR) is 82.1 cm³/mol. The maximum Gasteiger partial charge on any atom is 0.0185 e. The molecule has 0 spiro atoms. The Morgan fingerprint density at radius 1 is 1.33 bits per heavy atom. The van der Waals surface area contributed by atoms with Gasteiger partial charge in [0, 0.05) is 17.5 Å². The Balaban J connectivity index is 1.76. The first-order chi connectivity index (χ1) is 8.79. The van der Waals surface area contributed by atoms with Crippen molar-refractivity contribution in [3.63, 3.8) is 0 Å². The van der Waals surface area contributed by atoms with Gasteiger partial charge < -0.3 is 5.32 Å². The second kappa shape index (κ2) is 7.20. The van der Waals surface area contributed by atoms with Gasteiger partial charge in [0.1, 0.15) is 0 Å². The Hall–Kier alpha value is -0.470. The maximum atomic E-state index is 3.52. The Morgan fingerprint density at radius 2 is 2.11 bits per heavy atom. The van der Waals surface area contributed by atoms with Gasteiger partial charge >= 0.3 is 0 Å². The zero-order chi connectivity index (χ0) is 12.8. The van der Waals surface area contributed by atoms with Crippen LogP contribution in [0.25, 0.3) is 0 Å². The molecule has 1 atom stereocenters. The van der Waals surface area contributed by atoms with Crippen molar-refractivity contribution < 1.29 is 0 Å². The number of thioether (sulfide) groups is 1. The minimum Gasteiger partial charge on any atom is -0.316 e. The Labute approximate surface area is 116 Å². The fourth-order valence-corrected chi connectivity index (χ4v) is 4.15. The molecule has 1 aromatic rings. The van der Waals surface area contributed by atoms with E-state index in [0.29, 0.717) is 6.04 Å². The third-order valence-electron chi connectivity index (χ3n) is 3.99. The van der Waals surface area contributed by atoms with Gasteiger partial charge in [0.05, 0.1) is 0 Å². The van der Waals surface area contributed by atoms with Crippen molar-refractivity contribution in [1.29, 1.82) is 0 Å².